The summed E-state index contributed by atoms with van der Waals surface area (Å²) in [6.45, 7) is 11.0. The summed E-state index contributed by atoms with van der Waals surface area (Å²) in [5.74, 6) is 0. The van der Waals surface area contributed by atoms with Gasteiger partial charge in [-0.15, -0.1) is 0 Å². The first-order valence-electron chi connectivity index (χ1n) is 14.5. The van der Waals surface area contributed by atoms with Gasteiger partial charge >= 0.3 is 0 Å². The summed E-state index contributed by atoms with van der Waals surface area (Å²) in [7, 11) is 0. The highest BCUT2D eigenvalue weighted by Crippen LogP contribution is 2.51. The molecule has 40 heavy (non-hydrogen) atoms. The first-order chi connectivity index (χ1) is 19.6. The molecule has 0 saturated carbocycles. The molecule has 0 spiro atoms. The van der Waals surface area contributed by atoms with Crippen molar-refractivity contribution in [1.29, 1.82) is 0 Å². The zero-order valence-electron chi connectivity index (χ0n) is 24.1. The molecule has 0 amide bonds. The van der Waals surface area contributed by atoms with E-state index in [9.17, 15) is 0 Å². The standard InChI is InChI=1S/C38H30.C2H6/c1-25-35(26-14-6-4-7-15-26)33-23-22-28(24-34(33)38(25,2)3)37-31-20-12-10-18-29(31)36(27-16-8-5-9-17-27)30-19-11-13-21-32(30)37;1-2/h4-24H,1-3H3;1-2H3. The fourth-order valence-electron chi connectivity index (χ4n) is 6.48. The molecule has 0 heteroatoms. The third-order valence-electron chi connectivity index (χ3n) is 8.62. The van der Waals surface area contributed by atoms with Gasteiger partial charge in [-0.2, -0.15) is 0 Å². The zero-order chi connectivity index (χ0) is 27.9. The lowest BCUT2D eigenvalue weighted by molar-refractivity contribution is 0.639. The molecule has 0 saturated heterocycles. The van der Waals surface area contributed by atoms with E-state index in [0.717, 1.165) is 0 Å². The van der Waals surface area contributed by atoms with Crippen LogP contribution in [0.3, 0.4) is 0 Å². The lowest BCUT2D eigenvalue weighted by atomic mass is 9.80. The van der Waals surface area contributed by atoms with Crippen LogP contribution >= 0.6 is 0 Å². The monoisotopic (exact) mass is 516 g/mol. The SMILES string of the molecule is CC.CC1=C(c2ccccc2)c2ccc(-c3c4ccccc4c(-c4ccccc4)c4ccccc34)cc2C1(C)C. The minimum atomic E-state index is -0.0356. The van der Waals surface area contributed by atoms with E-state index in [2.05, 4.69) is 148 Å². The van der Waals surface area contributed by atoms with Crippen LogP contribution in [0.25, 0.3) is 49.4 Å². The smallest absolute Gasteiger partial charge is 0.0118 e. The lowest BCUT2D eigenvalue weighted by Crippen LogP contribution is -2.15. The number of benzene rings is 6. The van der Waals surface area contributed by atoms with Crippen molar-refractivity contribution in [3.05, 3.63) is 150 Å². The van der Waals surface area contributed by atoms with Crippen molar-refractivity contribution >= 4 is 27.1 Å². The van der Waals surface area contributed by atoms with E-state index in [4.69, 9.17) is 0 Å². The van der Waals surface area contributed by atoms with E-state index in [-0.39, 0.29) is 5.41 Å². The highest BCUT2D eigenvalue weighted by Gasteiger charge is 2.36. The van der Waals surface area contributed by atoms with Gasteiger partial charge in [-0.3, -0.25) is 0 Å². The van der Waals surface area contributed by atoms with Crippen LogP contribution in [0.15, 0.2) is 133 Å². The molecule has 1 aliphatic carbocycles. The molecular weight excluding hydrogens is 480 g/mol. The van der Waals surface area contributed by atoms with Gasteiger partial charge in [0.1, 0.15) is 0 Å². The van der Waals surface area contributed by atoms with Crippen molar-refractivity contribution in [2.75, 3.05) is 0 Å². The maximum Gasteiger partial charge on any atom is 0.0118 e. The van der Waals surface area contributed by atoms with Crippen LogP contribution in [0.1, 0.15) is 51.3 Å². The quantitative estimate of drug-likeness (QED) is 0.205. The number of hydrogen-bond acceptors (Lipinski definition) is 0. The summed E-state index contributed by atoms with van der Waals surface area (Å²) in [6.07, 6.45) is 0. The predicted octanol–water partition coefficient (Wildman–Crippen LogP) is 11.5. The van der Waals surface area contributed by atoms with E-state index >= 15 is 0 Å². The molecule has 0 bridgehead atoms. The molecule has 0 aromatic heterocycles. The fourth-order valence-corrected chi connectivity index (χ4v) is 6.48. The van der Waals surface area contributed by atoms with Gasteiger partial charge in [-0.25, -0.2) is 0 Å². The van der Waals surface area contributed by atoms with Crippen LogP contribution in [0, 0.1) is 0 Å². The molecular formula is C40H36. The van der Waals surface area contributed by atoms with E-state index in [1.165, 1.54) is 71.6 Å². The third kappa shape index (κ3) is 3.98. The van der Waals surface area contributed by atoms with Gasteiger partial charge in [0.05, 0.1) is 0 Å². The first-order valence-corrected chi connectivity index (χ1v) is 14.5. The Kier molecular flexibility index (Phi) is 6.64. The Morgan fingerprint density at radius 1 is 0.450 bits per heavy atom. The molecule has 7 rings (SSSR count). The summed E-state index contributed by atoms with van der Waals surface area (Å²) in [4.78, 5) is 0. The van der Waals surface area contributed by atoms with Crippen LogP contribution in [0.5, 0.6) is 0 Å². The highest BCUT2D eigenvalue weighted by molar-refractivity contribution is 6.21. The normalized spacial score (nSPS) is 13.7. The molecule has 0 heterocycles. The largest absolute Gasteiger partial charge is 0.0683 e. The summed E-state index contributed by atoms with van der Waals surface area (Å²) in [6, 6.07) is 46.7. The predicted molar refractivity (Wildman–Crippen MR) is 175 cm³/mol. The van der Waals surface area contributed by atoms with Crippen LogP contribution in [-0.2, 0) is 5.41 Å². The second-order valence-electron chi connectivity index (χ2n) is 11.0. The van der Waals surface area contributed by atoms with Crippen molar-refractivity contribution in [3.63, 3.8) is 0 Å². The van der Waals surface area contributed by atoms with Crippen LogP contribution in [-0.4, -0.2) is 0 Å². The van der Waals surface area contributed by atoms with Crippen molar-refractivity contribution in [2.45, 2.75) is 40.0 Å². The van der Waals surface area contributed by atoms with Crippen molar-refractivity contribution < 1.29 is 0 Å². The second-order valence-corrected chi connectivity index (χ2v) is 11.0. The van der Waals surface area contributed by atoms with E-state index in [1.54, 1.807) is 0 Å². The molecule has 1 aliphatic rings. The second kappa shape index (κ2) is 10.3. The Balaban J connectivity index is 0.00000142. The van der Waals surface area contributed by atoms with Gasteiger partial charge in [-0.1, -0.05) is 155 Å². The highest BCUT2D eigenvalue weighted by atomic mass is 14.4. The average Bonchev–Trinajstić information content (AvgIpc) is 3.21. The molecule has 0 unspecified atom stereocenters. The van der Waals surface area contributed by atoms with Gasteiger partial charge in [-0.05, 0) is 79.1 Å². The summed E-state index contributed by atoms with van der Waals surface area (Å²) in [5, 5.41) is 5.19. The molecule has 0 nitrogen and oxygen atoms in total. The summed E-state index contributed by atoms with van der Waals surface area (Å²) in [5.41, 5.74) is 12.0. The average molecular weight is 517 g/mol. The van der Waals surface area contributed by atoms with Gasteiger partial charge in [0, 0.05) is 5.41 Å². The number of hydrogen-bond donors (Lipinski definition) is 0. The van der Waals surface area contributed by atoms with Gasteiger partial charge in [0.2, 0.25) is 0 Å². The van der Waals surface area contributed by atoms with Crippen molar-refractivity contribution in [1.82, 2.24) is 0 Å². The van der Waals surface area contributed by atoms with E-state index < -0.39 is 0 Å². The van der Waals surface area contributed by atoms with Crippen molar-refractivity contribution in [3.8, 4) is 22.3 Å². The molecule has 0 atom stereocenters. The molecule has 0 aliphatic heterocycles. The van der Waals surface area contributed by atoms with Crippen LogP contribution in [0.4, 0.5) is 0 Å². The van der Waals surface area contributed by atoms with Crippen molar-refractivity contribution in [2.24, 2.45) is 0 Å². The van der Waals surface area contributed by atoms with Gasteiger partial charge < -0.3 is 0 Å². The Hall–Kier alpha value is -4.42. The Bertz CT molecular complexity index is 1810. The maximum atomic E-state index is 2.46. The van der Waals surface area contributed by atoms with Crippen LogP contribution < -0.4 is 0 Å². The molecule has 0 N–H and O–H groups in total. The Labute approximate surface area is 238 Å². The number of rotatable bonds is 3. The third-order valence-corrected chi connectivity index (χ3v) is 8.62. The molecule has 6 aromatic carbocycles. The fraction of sp³-hybridized carbons (Fsp3) is 0.150. The zero-order valence-corrected chi connectivity index (χ0v) is 24.1. The number of allylic oxidation sites excluding steroid dienone is 1. The minimum Gasteiger partial charge on any atom is -0.0683 e. The minimum absolute atomic E-state index is 0.0356. The van der Waals surface area contributed by atoms with Gasteiger partial charge in [0.15, 0.2) is 0 Å². The van der Waals surface area contributed by atoms with Gasteiger partial charge in [0.25, 0.3) is 0 Å². The molecule has 6 aromatic rings. The summed E-state index contributed by atoms with van der Waals surface area (Å²) < 4.78 is 0. The molecule has 0 fully saturated rings. The first kappa shape index (κ1) is 25.8. The van der Waals surface area contributed by atoms with Crippen LogP contribution in [0.2, 0.25) is 0 Å². The Morgan fingerprint density at radius 2 is 0.875 bits per heavy atom. The Morgan fingerprint density at radius 3 is 1.38 bits per heavy atom. The topological polar surface area (TPSA) is 0 Å². The van der Waals surface area contributed by atoms with E-state index in [0.29, 0.717) is 0 Å². The van der Waals surface area contributed by atoms with E-state index in [1.807, 2.05) is 13.8 Å². The molecule has 196 valence electrons. The summed E-state index contributed by atoms with van der Waals surface area (Å²) >= 11 is 0. The lowest BCUT2D eigenvalue weighted by Gasteiger charge is -2.24. The molecule has 0 radical (unpaired) electrons. The maximum absolute atomic E-state index is 2.46. The number of fused-ring (bicyclic) bond motifs is 3.